The SMILES string of the molecule is CCC1=C(C2CCCC3C4C=CC=CC4CC23)CC=C1. The van der Waals surface area contributed by atoms with Crippen LogP contribution in [0, 0.1) is 29.6 Å². The van der Waals surface area contributed by atoms with Crippen molar-refractivity contribution >= 4 is 0 Å². The summed E-state index contributed by atoms with van der Waals surface area (Å²) in [4.78, 5) is 0. The summed E-state index contributed by atoms with van der Waals surface area (Å²) < 4.78 is 0. The average Bonchev–Trinajstić information content (AvgIpc) is 3.10. The van der Waals surface area contributed by atoms with Crippen LogP contribution >= 0.6 is 0 Å². The zero-order chi connectivity index (χ0) is 13.5. The van der Waals surface area contributed by atoms with Gasteiger partial charge in [-0.15, -0.1) is 0 Å². The van der Waals surface area contributed by atoms with Crippen molar-refractivity contribution in [3.63, 3.8) is 0 Å². The first-order valence-corrected chi connectivity index (χ1v) is 8.62. The summed E-state index contributed by atoms with van der Waals surface area (Å²) in [5.74, 6) is 4.52. The van der Waals surface area contributed by atoms with Crippen molar-refractivity contribution in [1.82, 2.24) is 0 Å². The number of hydrogen-bond donors (Lipinski definition) is 0. The first-order chi connectivity index (χ1) is 9.88. The Morgan fingerprint density at radius 1 is 1.10 bits per heavy atom. The van der Waals surface area contributed by atoms with Gasteiger partial charge in [-0.1, -0.05) is 55.4 Å². The molecule has 4 rings (SSSR count). The highest BCUT2D eigenvalue weighted by atomic mass is 14.5. The lowest BCUT2D eigenvalue weighted by atomic mass is 9.68. The molecule has 0 aromatic heterocycles. The fourth-order valence-electron chi connectivity index (χ4n) is 5.53. The van der Waals surface area contributed by atoms with Crippen LogP contribution in [0.3, 0.4) is 0 Å². The van der Waals surface area contributed by atoms with E-state index < -0.39 is 0 Å². The predicted octanol–water partition coefficient (Wildman–Crippen LogP) is 5.45. The molecule has 4 aliphatic rings. The largest absolute Gasteiger partial charge is 0.0808 e. The third-order valence-electron chi connectivity index (χ3n) is 6.35. The third-order valence-corrected chi connectivity index (χ3v) is 6.35. The molecule has 0 aromatic rings. The molecule has 106 valence electrons. The smallest absolute Gasteiger partial charge is 0.0127 e. The first kappa shape index (κ1) is 12.7. The molecule has 0 saturated heterocycles. The van der Waals surface area contributed by atoms with Crippen molar-refractivity contribution in [2.45, 2.75) is 45.4 Å². The summed E-state index contributed by atoms with van der Waals surface area (Å²) in [6.45, 7) is 2.32. The summed E-state index contributed by atoms with van der Waals surface area (Å²) >= 11 is 0. The zero-order valence-electron chi connectivity index (χ0n) is 12.6. The molecule has 0 radical (unpaired) electrons. The Hall–Kier alpha value is -1.04. The highest BCUT2D eigenvalue weighted by Crippen LogP contribution is 2.55. The maximum atomic E-state index is 2.51. The van der Waals surface area contributed by atoms with E-state index in [1.807, 2.05) is 5.57 Å². The van der Waals surface area contributed by atoms with Crippen LogP contribution in [0.25, 0.3) is 0 Å². The average molecular weight is 266 g/mol. The van der Waals surface area contributed by atoms with Crippen LogP contribution in [0.5, 0.6) is 0 Å². The minimum absolute atomic E-state index is 0.843. The van der Waals surface area contributed by atoms with Gasteiger partial charge in [0.05, 0.1) is 0 Å². The minimum atomic E-state index is 0.843. The molecule has 2 fully saturated rings. The second-order valence-corrected chi connectivity index (χ2v) is 7.12. The Balaban J connectivity index is 1.63. The van der Waals surface area contributed by atoms with E-state index in [1.54, 1.807) is 5.57 Å². The highest BCUT2D eigenvalue weighted by Gasteiger charge is 2.47. The summed E-state index contributed by atoms with van der Waals surface area (Å²) in [6, 6.07) is 0. The van der Waals surface area contributed by atoms with Gasteiger partial charge in [-0.25, -0.2) is 0 Å². The Bertz CT molecular complexity index is 502. The van der Waals surface area contributed by atoms with Gasteiger partial charge in [-0.2, -0.15) is 0 Å². The van der Waals surface area contributed by atoms with Gasteiger partial charge in [-0.3, -0.25) is 0 Å². The molecule has 0 aromatic carbocycles. The molecule has 5 unspecified atom stereocenters. The standard InChI is InChI=1S/C20H26/c1-2-14-8-5-10-16(14)18-11-6-12-19-17-9-4-3-7-15(17)13-20(18)19/h3-5,7-9,15,17-20H,2,6,10-13H2,1H3. The molecule has 0 amide bonds. The molecular formula is C20H26. The van der Waals surface area contributed by atoms with E-state index in [9.17, 15) is 0 Å². The van der Waals surface area contributed by atoms with E-state index in [0.29, 0.717) is 0 Å². The van der Waals surface area contributed by atoms with Crippen LogP contribution in [0.2, 0.25) is 0 Å². The van der Waals surface area contributed by atoms with Gasteiger partial charge < -0.3 is 0 Å². The number of allylic oxidation sites excluding steroid dienone is 8. The summed E-state index contributed by atoms with van der Waals surface area (Å²) in [5.41, 5.74) is 3.48. The minimum Gasteiger partial charge on any atom is -0.0808 e. The van der Waals surface area contributed by atoms with Crippen molar-refractivity contribution in [1.29, 1.82) is 0 Å². The predicted molar refractivity (Wildman–Crippen MR) is 85.3 cm³/mol. The lowest BCUT2D eigenvalue weighted by molar-refractivity contribution is 0.188. The second-order valence-electron chi connectivity index (χ2n) is 7.12. The number of rotatable bonds is 2. The molecule has 0 heterocycles. The van der Waals surface area contributed by atoms with E-state index >= 15 is 0 Å². The van der Waals surface area contributed by atoms with E-state index in [1.165, 1.54) is 38.5 Å². The summed E-state index contributed by atoms with van der Waals surface area (Å²) in [7, 11) is 0. The molecule has 4 aliphatic carbocycles. The molecule has 2 saturated carbocycles. The van der Waals surface area contributed by atoms with Crippen LogP contribution in [0.4, 0.5) is 0 Å². The normalized spacial score (nSPS) is 42.1. The fraction of sp³-hybridized carbons (Fsp3) is 0.600. The second kappa shape index (κ2) is 5.06. The topological polar surface area (TPSA) is 0 Å². The first-order valence-electron chi connectivity index (χ1n) is 8.62. The molecule has 0 bridgehead atoms. The monoisotopic (exact) mass is 266 g/mol. The van der Waals surface area contributed by atoms with Crippen LogP contribution < -0.4 is 0 Å². The van der Waals surface area contributed by atoms with Gasteiger partial charge in [0.1, 0.15) is 0 Å². The summed E-state index contributed by atoms with van der Waals surface area (Å²) in [5, 5.41) is 0. The maximum absolute atomic E-state index is 2.51. The summed E-state index contributed by atoms with van der Waals surface area (Å²) in [6.07, 6.45) is 22.7. The van der Waals surface area contributed by atoms with Gasteiger partial charge in [0.15, 0.2) is 0 Å². The Morgan fingerprint density at radius 2 is 2.00 bits per heavy atom. The highest BCUT2D eigenvalue weighted by molar-refractivity contribution is 5.36. The quantitative estimate of drug-likeness (QED) is 0.623. The van der Waals surface area contributed by atoms with Gasteiger partial charge in [0, 0.05) is 0 Å². The van der Waals surface area contributed by atoms with Gasteiger partial charge in [0.2, 0.25) is 0 Å². The van der Waals surface area contributed by atoms with Gasteiger partial charge in [0.25, 0.3) is 0 Å². The van der Waals surface area contributed by atoms with Crippen LogP contribution in [0.1, 0.15) is 45.4 Å². The van der Waals surface area contributed by atoms with Gasteiger partial charge >= 0.3 is 0 Å². The van der Waals surface area contributed by atoms with Crippen LogP contribution in [-0.4, -0.2) is 0 Å². The molecule has 20 heavy (non-hydrogen) atoms. The van der Waals surface area contributed by atoms with Crippen LogP contribution in [-0.2, 0) is 0 Å². The Kier molecular flexibility index (Phi) is 3.21. The lowest BCUT2D eigenvalue weighted by Crippen LogP contribution is -2.28. The van der Waals surface area contributed by atoms with Crippen molar-refractivity contribution in [3.8, 4) is 0 Å². The van der Waals surface area contributed by atoms with Gasteiger partial charge in [-0.05, 0) is 67.3 Å². The molecule has 0 aliphatic heterocycles. The van der Waals surface area contributed by atoms with Crippen molar-refractivity contribution in [3.05, 3.63) is 47.6 Å². The van der Waals surface area contributed by atoms with E-state index in [-0.39, 0.29) is 0 Å². The molecular weight excluding hydrogens is 240 g/mol. The third kappa shape index (κ3) is 1.88. The fourth-order valence-corrected chi connectivity index (χ4v) is 5.53. The molecule has 0 N–H and O–H groups in total. The Morgan fingerprint density at radius 3 is 2.90 bits per heavy atom. The zero-order valence-corrected chi connectivity index (χ0v) is 12.6. The van der Waals surface area contributed by atoms with Crippen molar-refractivity contribution in [2.75, 3.05) is 0 Å². The van der Waals surface area contributed by atoms with Crippen molar-refractivity contribution in [2.24, 2.45) is 29.6 Å². The number of fused-ring (bicyclic) bond motifs is 3. The Labute approximate surface area is 123 Å². The lowest BCUT2D eigenvalue weighted by Gasteiger charge is -2.37. The molecule has 5 atom stereocenters. The maximum Gasteiger partial charge on any atom is -0.0127 e. The molecule has 0 heteroatoms. The van der Waals surface area contributed by atoms with Crippen LogP contribution in [0.15, 0.2) is 47.6 Å². The van der Waals surface area contributed by atoms with E-state index in [0.717, 1.165) is 29.6 Å². The molecule has 0 nitrogen and oxygen atoms in total. The number of hydrogen-bond acceptors (Lipinski definition) is 0. The van der Waals surface area contributed by atoms with Crippen molar-refractivity contribution < 1.29 is 0 Å². The van der Waals surface area contributed by atoms with E-state index in [2.05, 4.69) is 43.4 Å². The van der Waals surface area contributed by atoms with E-state index in [4.69, 9.17) is 0 Å². The molecule has 0 spiro atoms.